The van der Waals surface area contributed by atoms with Gasteiger partial charge in [0.1, 0.15) is 0 Å². The van der Waals surface area contributed by atoms with Crippen molar-refractivity contribution in [1.29, 1.82) is 0 Å². The van der Waals surface area contributed by atoms with Crippen LogP contribution in [0.4, 0.5) is 0 Å². The molecule has 1 saturated carbocycles. The number of likely N-dealkylation sites (tertiary alicyclic amines) is 1. The van der Waals surface area contributed by atoms with Gasteiger partial charge in [0.2, 0.25) is 5.91 Å². The van der Waals surface area contributed by atoms with E-state index in [0.29, 0.717) is 10.6 Å². The first-order valence-corrected chi connectivity index (χ1v) is 7.85. The Morgan fingerprint density at radius 3 is 2.38 bits per heavy atom. The van der Waals surface area contributed by atoms with Crippen LogP contribution in [0.1, 0.15) is 44.1 Å². The summed E-state index contributed by atoms with van der Waals surface area (Å²) in [5.41, 5.74) is 1.49. The second-order valence-electron chi connectivity index (χ2n) is 5.76. The van der Waals surface area contributed by atoms with Gasteiger partial charge in [-0.1, -0.05) is 43.0 Å². The van der Waals surface area contributed by atoms with E-state index < -0.39 is 0 Å². The van der Waals surface area contributed by atoms with Gasteiger partial charge in [-0.25, -0.2) is 0 Å². The SMILES string of the molecule is O=C1C/C(=C/c2ccc(Cl)cc2)C(=O)N1C1CCCCC1. The molecule has 1 aromatic carbocycles. The van der Waals surface area contributed by atoms with Crippen molar-refractivity contribution in [2.24, 2.45) is 0 Å². The van der Waals surface area contributed by atoms with E-state index in [0.717, 1.165) is 31.2 Å². The average Bonchev–Trinajstić information content (AvgIpc) is 2.77. The molecular weight excluding hydrogens is 286 g/mol. The third-order valence-corrected chi connectivity index (χ3v) is 4.51. The molecule has 1 aliphatic carbocycles. The Morgan fingerprint density at radius 1 is 1.05 bits per heavy atom. The van der Waals surface area contributed by atoms with Crippen molar-refractivity contribution in [2.75, 3.05) is 0 Å². The first-order valence-electron chi connectivity index (χ1n) is 7.47. The normalized spacial score (nSPS) is 22.3. The largest absolute Gasteiger partial charge is 0.275 e. The first kappa shape index (κ1) is 14.3. The molecule has 110 valence electrons. The number of benzene rings is 1. The van der Waals surface area contributed by atoms with Gasteiger partial charge in [0.05, 0.1) is 6.42 Å². The van der Waals surface area contributed by atoms with E-state index >= 15 is 0 Å². The van der Waals surface area contributed by atoms with Crippen LogP contribution in [-0.4, -0.2) is 22.8 Å². The minimum absolute atomic E-state index is 0.0490. The number of carbonyl (C=O) groups is 2. The molecule has 1 saturated heterocycles. The number of amides is 2. The van der Waals surface area contributed by atoms with Gasteiger partial charge in [0, 0.05) is 16.6 Å². The smallest absolute Gasteiger partial charge is 0.257 e. The third-order valence-electron chi connectivity index (χ3n) is 4.25. The van der Waals surface area contributed by atoms with Gasteiger partial charge >= 0.3 is 0 Å². The molecule has 0 N–H and O–H groups in total. The second-order valence-corrected chi connectivity index (χ2v) is 6.20. The van der Waals surface area contributed by atoms with Gasteiger partial charge in [-0.05, 0) is 36.6 Å². The number of hydrogen-bond acceptors (Lipinski definition) is 2. The van der Waals surface area contributed by atoms with Crippen LogP contribution < -0.4 is 0 Å². The van der Waals surface area contributed by atoms with Gasteiger partial charge in [0.15, 0.2) is 0 Å². The van der Waals surface area contributed by atoms with E-state index in [1.54, 1.807) is 18.2 Å². The predicted molar refractivity (Wildman–Crippen MR) is 82.8 cm³/mol. The maximum absolute atomic E-state index is 12.5. The molecule has 1 aliphatic heterocycles. The summed E-state index contributed by atoms with van der Waals surface area (Å²) in [6.45, 7) is 0. The molecule has 0 unspecified atom stereocenters. The highest BCUT2D eigenvalue weighted by Crippen LogP contribution is 2.30. The Bertz CT molecular complexity index is 585. The monoisotopic (exact) mass is 303 g/mol. The van der Waals surface area contributed by atoms with E-state index in [4.69, 9.17) is 11.6 Å². The fraction of sp³-hybridized carbons (Fsp3) is 0.412. The standard InChI is InChI=1S/C17H18ClNO2/c18-14-8-6-12(7-9-14)10-13-11-16(20)19(17(13)21)15-4-2-1-3-5-15/h6-10,15H,1-5,11H2/b13-10-. The number of carbonyl (C=O) groups excluding carboxylic acids is 2. The predicted octanol–water partition coefficient (Wildman–Crippen LogP) is 3.82. The highest BCUT2D eigenvalue weighted by Gasteiger charge is 2.38. The van der Waals surface area contributed by atoms with E-state index in [9.17, 15) is 9.59 Å². The second kappa shape index (κ2) is 6.02. The van der Waals surface area contributed by atoms with Crippen LogP contribution >= 0.6 is 11.6 Å². The fourth-order valence-corrected chi connectivity index (χ4v) is 3.30. The van der Waals surface area contributed by atoms with Crippen LogP contribution in [0.5, 0.6) is 0 Å². The molecule has 0 aromatic heterocycles. The molecule has 0 atom stereocenters. The number of rotatable bonds is 2. The van der Waals surface area contributed by atoms with Gasteiger partial charge in [-0.15, -0.1) is 0 Å². The molecule has 2 amide bonds. The maximum Gasteiger partial charge on any atom is 0.257 e. The zero-order valence-electron chi connectivity index (χ0n) is 11.8. The van der Waals surface area contributed by atoms with Gasteiger partial charge in [0.25, 0.3) is 5.91 Å². The summed E-state index contributed by atoms with van der Waals surface area (Å²) in [5.74, 6) is -0.158. The highest BCUT2D eigenvalue weighted by molar-refractivity contribution is 6.30. The van der Waals surface area contributed by atoms with E-state index in [1.165, 1.54) is 11.3 Å². The lowest BCUT2D eigenvalue weighted by Gasteiger charge is -2.29. The van der Waals surface area contributed by atoms with Gasteiger partial charge in [-0.2, -0.15) is 0 Å². The number of imide groups is 1. The highest BCUT2D eigenvalue weighted by atomic mass is 35.5. The first-order chi connectivity index (χ1) is 10.1. The van der Waals surface area contributed by atoms with Crippen molar-refractivity contribution >= 4 is 29.5 Å². The van der Waals surface area contributed by atoms with Crippen LogP contribution in [0.2, 0.25) is 5.02 Å². The van der Waals surface area contributed by atoms with Crippen molar-refractivity contribution < 1.29 is 9.59 Å². The van der Waals surface area contributed by atoms with Crippen LogP contribution in [0, 0.1) is 0 Å². The summed E-state index contributed by atoms with van der Waals surface area (Å²) < 4.78 is 0. The van der Waals surface area contributed by atoms with E-state index in [1.807, 2.05) is 12.1 Å². The summed E-state index contributed by atoms with van der Waals surface area (Å²) in [4.78, 5) is 26.2. The molecule has 0 spiro atoms. The molecule has 0 radical (unpaired) electrons. The zero-order chi connectivity index (χ0) is 14.8. The lowest BCUT2D eigenvalue weighted by atomic mass is 9.94. The fourth-order valence-electron chi connectivity index (χ4n) is 3.17. The summed E-state index contributed by atoms with van der Waals surface area (Å²) in [6, 6.07) is 7.39. The molecular formula is C17H18ClNO2. The minimum atomic E-state index is -0.109. The zero-order valence-corrected chi connectivity index (χ0v) is 12.6. The quantitative estimate of drug-likeness (QED) is 0.615. The summed E-state index contributed by atoms with van der Waals surface area (Å²) in [7, 11) is 0. The van der Waals surface area contributed by atoms with Crippen molar-refractivity contribution in [3.05, 3.63) is 40.4 Å². The summed E-state index contributed by atoms with van der Waals surface area (Å²) in [6.07, 6.45) is 7.35. The molecule has 4 heteroatoms. The molecule has 2 fully saturated rings. The lowest BCUT2D eigenvalue weighted by Crippen LogP contribution is -2.40. The molecule has 1 heterocycles. The Balaban J connectivity index is 1.80. The van der Waals surface area contributed by atoms with Crippen molar-refractivity contribution in [1.82, 2.24) is 4.90 Å². The topological polar surface area (TPSA) is 37.4 Å². The van der Waals surface area contributed by atoms with Crippen LogP contribution in [0.25, 0.3) is 6.08 Å². The Morgan fingerprint density at radius 2 is 1.71 bits per heavy atom. The number of halogens is 1. The maximum atomic E-state index is 12.5. The molecule has 1 aromatic rings. The van der Waals surface area contributed by atoms with Crippen molar-refractivity contribution in [2.45, 2.75) is 44.6 Å². The number of hydrogen-bond donors (Lipinski definition) is 0. The molecule has 3 nitrogen and oxygen atoms in total. The molecule has 2 aliphatic rings. The van der Waals surface area contributed by atoms with Crippen molar-refractivity contribution in [3.8, 4) is 0 Å². The van der Waals surface area contributed by atoms with E-state index in [-0.39, 0.29) is 24.3 Å². The Hall–Kier alpha value is -1.61. The van der Waals surface area contributed by atoms with Gasteiger partial charge < -0.3 is 0 Å². The summed E-state index contributed by atoms with van der Waals surface area (Å²) in [5, 5.41) is 0.662. The van der Waals surface area contributed by atoms with Crippen LogP contribution in [0.3, 0.4) is 0 Å². The van der Waals surface area contributed by atoms with Crippen molar-refractivity contribution in [3.63, 3.8) is 0 Å². The van der Waals surface area contributed by atoms with E-state index in [2.05, 4.69) is 0 Å². The van der Waals surface area contributed by atoms with Crippen LogP contribution in [0.15, 0.2) is 29.8 Å². The molecule has 0 bridgehead atoms. The summed E-state index contributed by atoms with van der Waals surface area (Å²) >= 11 is 5.85. The Kier molecular flexibility index (Phi) is 4.11. The molecule has 3 rings (SSSR count). The average molecular weight is 304 g/mol. The number of nitrogens with zero attached hydrogens (tertiary/aromatic N) is 1. The third kappa shape index (κ3) is 3.03. The van der Waals surface area contributed by atoms with Gasteiger partial charge in [-0.3, -0.25) is 14.5 Å². The van der Waals surface area contributed by atoms with Crippen LogP contribution in [-0.2, 0) is 9.59 Å². The lowest BCUT2D eigenvalue weighted by molar-refractivity contribution is -0.141. The Labute approximate surface area is 129 Å². The minimum Gasteiger partial charge on any atom is -0.275 e. The molecule has 21 heavy (non-hydrogen) atoms.